The van der Waals surface area contributed by atoms with Crippen LogP contribution in [-0.2, 0) is 18.6 Å². The van der Waals surface area contributed by atoms with E-state index in [1.54, 1.807) is 34.4 Å². The van der Waals surface area contributed by atoms with Crippen LogP contribution in [0, 0.1) is 5.92 Å². The highest BCUT2D eigenvalue weighted by Crippen LogP contribution is 2.28. The van der Waals surface area contributed by atoms with Crippen LogP contribution in [0.15, 0.2) is 26.4 Å². The Morgan fingerprint density at radius 2 is 2.25 bits per heavy atom. The van der Waals surface area contributed by atoms with Crippen LogP contribution in [0.5, 0.6) is 0 Å². The summed E-state index contributed by atoms with van der Waals surface area (Å²) in [6.07, 6.45) is 1.84. The van der Waals surface area contributed by atoms with Gasteiger partial charge in [-0.1, -0.05) is 48.2 Å². The molecule has 6 nitrogen and oxygen atoms in total. The van der Waals surface area contributed by atoms with Crippen molar-refractivity contribution >= 4 is 39.6 Å². The van der Waals surface area contributed by atoms with Gasteiger partial charge < -0.3 is 9.84 Å². The standard InChI is InChI=1S/C15H19N5OS3/c1-10(2)8-12-17-13(21-20-12)9-23-15-19-18-14(24-15)16-6-5-11-4-3-7-22-11/h3-4,7,10H,5-6,8-9H2,1-2H3,(H,16,18). The molecule has 3 heterocycles. The third-order valence-electron chi connectivity index (χ3n) is 3.05. The number of nitrogens with one attached hydrogen (secondary N) is 1. The zero-order valence-corrected chi connectivity index (χ0v) is 16.0. The summed E-state index contributed by atoms with van der Waals surface area (Å²) in [5.41, 5.74) is 0. The Kier molecular flexibility index (Phi) is 6.22. The number of aromatic nitrogens is 4. The van der Waals surface area contributed by atoms with E-state index in [1.807, 2.05) is 0 Å². The summed E-state index contributed by atoms with van der Waals surface area (Å²) in [5.74, 6) is 2.55. The molecular weight excluding hydrogens is 362 g/mol. The minimum absolute atomic E-state index is 0.522. The first-order valence-corrected chi connectivity index (χ1v) is 10.4. The molecule has 9 heteroatoms. The second kappa shape index (κ2) is 8.59. The summed E-state index contributed by atoms with van der Waals surface area (Å²) in [5, 5.41) is 18.6. The van der Waals surface area contributed by atoms with Crippen molar-refractivity contribution in [2.24, 2.45) is 5.92 Å². The predicted molar refractivity (Wildman–Crippen MR) is 98.8 cm³/mol. The molecule has 1 N–H and O–H groups in total. The van der Waals surface area contributed by atoms with Crippen molar-refractivity contribution in [3.05, 3.63) is 34.1 Å². The van der Waals surface area contributed by atoms with Crippen LogP contribution in [-0.4, -0.2) is 26.9 Å². The number of thioether (sulfide) groups is 1. The van der Waals surface area contributed by atoms with E-state index < -0.39 is 0 Å². The third-order valence-corrected chi connectivity index (χ3v) is 5.99. The maximum absolute atomic E-state index is 5.26. The van der Waals surface area contributed by atoms with Crippen molar-refractivity contribution in [1.82, 2.24) is 20.3 Å². The highest BCUT2D eigenvalue weighted by molar-refractivity contribution is 8.00. The van der Waals surface area contributed by atoms with Crippen molar-refractivity contribution < 1.29 is 4.52 Å². The van der Waals surface area contributed by atoms with E-state index in [0.717, 1.165) is 34.7 Å². The molecule has 0 radical (unpaired) electrons. The summed E-state index contributed by atoms with van der Waals surface area (Å²) < 4.78 is 6.16. The third kappa shape index (κ3) is 5.29. The molecule has 0 spiro atoms. The first kappa shape index (κ1) is 17.4. The summed E-state index contributed by atoms with van der Waals surface area (Å²) in [6, 6.07) is 4.22. The molecule has 3 aromatic heterocycles. The van der Waals surface area contributed by atoms with Gasteiger partial charge in [-0.05, 0) is 23.8 Å². The summed E-state index contributed by atoms with van der Waals surface area (Å²) in [7, 11) is 0. The summed E-state index contributed by atoms with van der Waals surface area (Å²) >= 11 is 4.89. The topological polar surface area (TPSA) is 76.7 Å². The molecule has 0 aliphatic carbocycles. The Balaban J connectivity index is 1.43. The van der Waals surface area contributed by atoms with E-state index in [4.69, 9.17) is 4.52 Å². The van der Waals surface area contributed by atoms with Crippen molar-refractivity contribution in [3.63, 3.8) is 0 Å². The maximum Gasteiger partial charge on any atom is 0.237 e. The molecule has 24 heavy (non-hydrogen) atoms. The van der Waals surface area contributed by atoms with Crippen LogP contribution in [0.1, 0.15) is 30.4 Å². The molecule has 0 amide bonds. The highest BCUT2D eigenvalue weighted by atomic mass is 32.2. The number of anilines is 1. The van der Waals surface area contributed by atoms with Crippen molar-refractivity contribution in [2.75, 3.05) is 11.9 Å². The van der Waals surface area contributed by atoms with Crippen LogP contribution in [0.25, 0.3) is 0 Å². The molecular formula is C15H19N5OS3. The quantitative estimate of drug-likeness (QED) is 0.558. The van der Waals surface area contributed by atoms with Crippen molar-refractivity contribution in [3.8, 4) is 0 Å². The van der Waals surface area contributed by atoms with Crippen molar-refractivity contribution in [1.29, 1.82) is 0 Å². The van der Waals surface area contributed by atoms with Gasteiger partial charge >= 0.3 is 0 Å². The van der Waals surface area contributed by atoms with E-state index in [-0.39, 0.29) is 0 Å². The second-order valence-electron chi connectivity index (χ2n) is 5.62. The average molecular weight is 382 g/mol. The fourth-order valence-corrected chi connectivity index (χ4v) is 4.33. The molecule has 3 rings (SSSR count). The van der Waals surface area contributed by atoms with Gasteiger partial charge in [-0.25, -0.2) is 0 Å². The Bertz CT molecular complexity index is 738. The molecule has 128 valence electrons. The zero-order chi connectivity index (χ0) is 16.8. The average Bonchev–Trinajstić information content (AvgIpc) is 3.27. The number of hydrogen-bond donors (Lipinski definition) is 1. The van der Waals surface area contributed by atoms with E-state index in [9.17, 15) is 0 Å². The number of thiophene rings is 1. The first-order valence-electron chi connectivity index (χ1n) is 7.73. The van der Waals surface area contributed by atoms with Crippen LogP contribution in [0.2, 0.25) is 0 Å². The molecule has 0 aliphatic heterocycles. The molecule has 0 fully saturated rings. The van der Waals surface area contributed by atoms with Gasteiger partial charge in [0.25, 0.3) is 0 Å². The van der Waals surface area contributed by atoms with Crippen LogP contribution >= 0.6 is 34.4 Å². The van der Waals surface area contributed by atoms with Crippen LogP contribution in [0.3, 0.4) is 0 Å². The van der Waals surface area contributed by atoms with Crippen molar-refractivity contribution in [2.45, 2.75) is 36.8 Å². The van der Waals surface area contributed by atoms with Gasteiger partial charge in [-0.2, -0.15) is 4.98 Å². The maximum atomic E-state index is 5.26. The summed E-state index contributed by atoms with van der Waals surface area (Å²) in [4.78, 5) is 5.76. The minimum atomic E-state index is 0.522. The SMILES string of the molecule is CC(C)Cc1noc(CSc2nnc(NCCc3cccs3)s2)n1. The minimum Gasteiger partial charge on any atom is -0.360 e. The molecule has 0 saturated heterocycles. The lowest BCUT2D eigenvalue weighted by atomic mass is 10.1. The molecule has 0 aliphatic rings. The van der Waals surface area contributed by atoms with Gasteiger partial charge in [0, 0.05) is 17.8 Å². The fraction of sp³-hybridized carbons (Fsp3) is 0.467. The van der Waals surface area contributed by atoms with E-state index in [2.05, 4.69) is 57.0 Å². The van der Waals surface area contributed by atoms with E-state index in [1.165, 1.54) is 4.88 Å². The van der Waals surface area contributed by atoms with Gasteiger partial charge in [0.2, 0.25) is 11.0 Å². The monoisotopic (exact) mass is 381 g/mol. The largest absolute Gasteiger partial charge is 0.360 e. The van der Waals surface area contributed by atoms with Gasteiger partial charge in [-0.3, -0.25) is 0 Å². The summed E-state index contributed by atoms with van der Waals surface area (Å²) in [6.45, 7) is 5.14. The molecule has 0 bridgehead atoms. The first-order chi connectivity index (χ1) is 11.7. The van der Waals surface area contributed by atoms with Crippen LogP contribution < -0.4 is 5.32 Å². The van der Waals surface area contributed by atoms with E-state index >= 15 is 0 Å². The molecule has 0 unspecified atom stereocenters. The Labute approximate surface area is 153 Å². The van der Waals surface area contributed by atoms with Gasteiger partial charge in [0.1, 0.15) is 0 Å². The lowest BCUT2D eigenvalue weighted by molar-refractivity contribution is 0.382. The Morgan fingerprint density at radius 3 is 3.04 bits per heavy atom. The number of rotatable bonds is 9. The van der Waals surface area contributed by atoms with Crippen LogP contribution in [0.4, 0.5) is 5.13 Å². The Hall–Kier alpha value is -1.45. The molecule has 3 aromatic rings. The fourth-order valence-electron chi connectivity index (χ4n) is 2.01. The van der Waals surface area contributed by atoms with E-state index in [0.29, 0.717) is 17.6 Å². The molecule has 0 aromatic carbocycles. The van der Waals surface area contributed by atoms with Gasteiger partial charge in [0.05, 0.1) is 5.75 Å². The normalized spacial score (nSPS) is 11.3. The lowest BCUT2D eigenvalue weighted by Crippen LogP contribution is -2.03. The lowest BCUT2D eigenvalue weighted by Gasteiger charge is -1.98. The zero-order valence-electron chi connectivity index (χ0n) is 13.6. The highest BCUT2D eigenvalue weighted by Gasteiger charge is 2.11. The number of hydrogen-bond acceptors (Lipinski definition) is 9. The molecule has 0 atom stereocenters. The predicted octanol–water partition coefficient (Wildman–Crippen LogP) is 4.13. The number of nitrogens with zero attached hydrogens (tertiary/aromatic N) is 4. The van der Waals surface area contributed by atoms with Gasteiger partial charge in [-0.15, -0.1) is 21.5 Å². The smallest absolute Gasteiger partial charge is 0.237 e. The Morgan fingerprint density at radius 1 is 1.33 bits per heavy atom. The second-order valence-corrected chi connectivity index (χ2v) is 8.85. The molecule has 0 saturated carbocycles. The van der Waals surface area contributed by atoms with Gasteiger partial charge in [0.15, 0.2) is 10.2 Å².